The minimum Gasteiger partial charge on any atom is -0.344 e. The number of carbonyl (C=O) groups is 1. The summed E-state index contributed by atoms with van der Waals surface area (Å²) in [6, 6.07) is 15.3. The highest BCUT2D eigenvalue weighted by atomic mass is 16.1. The number of benzene rings is 1. The molecule has 0 bridgehead atoms. The molecule has 3 heteroatoms. The molecular weight excluding hydrogens is 224 g/mol. The van der Waals surface area contributed by atoms with Gasteiger partial charge in [-0.1, -0.05) is 36.4 Å². The molecule has 0 aliphatic rings. The van der Waals surface area contributed by atoms with E-state index >= 15 is 0 Å². The van der Waals surface area contributed by atoms with Gasteiger partial charge in [0.15, 0.2) is 0 Å². The van der Waals surface area contributed by atoms with Gasteiger partial charge >= 0.3 is 0 Å². The highest BCUT2D eigenvalue weighted by Gasteiger charge is 2.11. The van der Waals surface area contributed by atoms with E-state index in [9.17, 15) is 4.79 Å². The van der Waals surface area contributed by atoms with Crippen molar-refractivity contribution in [2.24, 2.45) is 0 Å². The quantitative estimate of drug-likeness (QED) is 0.896. The van der Waals surface area contributed by atoms with E-state index in [0.717, 1.165) is 11.3 Å². The number of hydrogen-bond donors (Lipinski definition) is 1. The summed E-state index contributed by atoms with van der Waals surface area (Å²) in [4.78, 5) is 16.2. The van der Waals surface area contributed by atoms with E-state index < -0.39 is 0 Å². The number of nitrogens with zero attached hydrogens (tertiary/aromatic N) is 1. The van der Waals surface area contributed by atoms with Crippen molar-refractivity contribution in [3.63, 3.8) is 0 Å². The van der Waals surface area contributed by atoms with E-state index in [2.05, 4.69) is 10.3 Å². The van der Waals surface area contributed by atoms with Crippen molar-refractivity contribution >= 4 is 5.91 Å². The molecule has 0 saturated carbocycles. The van der Waals surface area contributed by atoms with E-state index in [1.165, 1.54) is 0 Å². The highest BCUT2D eigenvalue weighted by molar-refractivity contribution is 5.92. The van der Waals surface area contributed by atoms with Crippen LogP contribution in [-0.4, -0.2) is 10.9 Å². The summed E-state index contributed by atoms with van der Waals surface area (Å²) >= 11 is 0. The minimum absolute atomic E-state index is 0.0268. The second-order valence-corrected chi connectivity index (χ2v) is 4.27. The topological polar surface area (TPSA) is 42.0 Å². The Balaban J connectivity index is 2.08. The molecule has 3 nitrogen and oxygen atoms in total. The van der Waals surface area contributed by atoms with Crippen LogP contribution in [0, 0.1) is 6.92 Å². The maximum absolute atomic E-state index is 12.0. The van der Waals surface area contributed by atoms with Gasteiger partial charge in [-0.25, -0.2) is 4.98 Å². The lowest BCUT2D eigenvalue weighted by molar-refractivity contribution is 0.0934. The Kier molecular flexibility index (Phi) is 3.72. The average Bonchev–Trinajstić information content (AvgIpc) is 2.39. The first-order valence-corrected chi connectivity index (χ1v) is 5.96. The Bertz CT molecular complexity index is 537. The van der Waals surface area contributed by atoms with Gasteiger partial charge in [0.05, 0.1) is 6.04 Å². The molecule has 2 rings (SSSR count). The molecule has 0 radical (unpaired) electrons. The van der Waals surface area contributed by atoms with Crippen LogP contribution in [0.5, 0.6) is 0 Å². The molecule has 1 heterocycles. The molecule has 0 fully saturated rings. The molecule has 1 unspecified atom stereocenters. The van der Waals surface area contributed by atoms with E-state index in [-0.39, 0.29) is 11.9 Å². The summed E-state index contributed by atoms with van der Waals surface area (Å²) in [6.07, 6.45) is 0. The van der Waals surface area contributed by atoms with Gasteiger partial charge in [0.25, 0.3) is 5.91 Å². The van der Waals surface area contributed by atoms with Crippen LogP contribution in [0.15, 0.2) is 48.5 Å². The SMILES string of the molecule is Cc1cccc(C(=O)NC(C)c2ccccc2)n1. The van der Waals surface area contributed by atoms with Gasteiger partial charge in [-0.2, -0.15) is 0 Å². The van der Waals surface area contributed by atoms with Crippen LogP contribution < -0.4 is 5.32 Å². The number of nitrogens with one attached hydrogen (secondary N) is 1. The second kappa shape index (κ2) is 5.45. The van der Waals surface area contributed by atoms with Gasteiger partial charge in [-0.05, 0) is 31.5 Å². The lowest BCUT2D eigenvalue weighted by Gasteiger charge is -2.13. The molecule has 1 aromatic carbocycles. The number of amides is 1. The third-order valence-electron chi connectivity index (χ3n) is 2.77. The molecule has 1 N–H and O–H groups in total. The molecule has 0 aliphatic carbocycles. The number of aromatic nitrogens is 1. The standard InChI is InChI=1S/C15H16N2O/c1-11-7-6-10-14(16-11)15(18)17-12(2)13-8-4-3-5-9-13/h3-10,12H,1-2H3,(H,17,18). The van der Waals surface area contributed by atoms with Gasteiger partial charge in [-0.15, -0.1) is 0 Å². The monoisotopic (exact) mass is 240 g/mol. The summed E-state index contributed by atoms with van der Waals surface area (Å²) in [5.41, 5.74) is 2.38. The molecule has 0 saturated heterocycles. The van der Waals surface area contributed by atoms with Crippen LogP contribution in [0.4, 0.5) is 0 Å². The Labute approximate surface area is 107 Å². The lowest BCUT2D eigenvalue weighted by atomic mass is 10.1. The normalized spacial score (nSPS) is 11.9. The van der Waals surface area contributed by atoms with Gasteiger partial charge in [-0.3, -0.25) is 4.79 Å². The predicted molar refractivity (Wildman–Crippen MR) is 71.3 cm³/mol. The van der Waals surface area contributed by atoms with Crippen molar-refractivity contribution in [1.29, 1.82) is 0 Å². The van der Waals surface area contributed by atoms with E-state index in [0.29, 0.717) is 5.69 Å². The summed E-state index contributed by atoms with van der Waals surface area (Å²) < 4.78 is 0. The first-order valence-electron chi connectivity index (χ1n) is 5.96. The molecule has 0 aliphatic heterocycles. The fourth-order valence-corrected chi connectivity index (χ4v) is 1.77. The summed E-state index contributed by atoms with van der Waals surface area (Å²) in [5.74, 6) is -0.143. The third kappa shape index (κ3) is 2.94. The Morgan fingerprint density at radius 1 is 1.11 bits per heavy atom. The maximum atomic E-state index is 12.0. The molecule has 2 aromatic rings. The van der Waals surface area contributed by atoms with Gasteiger partial charge in [0.1, 0.15) is 5.69 Å². The Hall–Kier alpha value is -2.16. The van der Waals surface area contributed by atoms with Crippen LogP contribution >= 0.6 is 0 Å². The number of aryl methyl sites for hydroxylation is 1. The summed E-state index contributed by atoms with van der Waals surface area (Å²) in [5, 5.41) is 2.94. The maximum Gasteiger partial charge on any atom is 0.270 e. The van der Waals surface area contributed by atoms with Gasteiger partial charge < -0.3 is 5.32 Å². The number of pyridine rings is 1. The number of hydrogen-bond acceptors (Lipinski definition) is 2. The summed E-state index contributed by atoms with van der Waals surface area (Å²) in [6.45, 7) is 3.83. The fourth-order valence-electron chi connectivity index (χ4n) is 1.77. The molecular formula is C15H16N2O. The zero-order chi connectivity index (χ0) is 13.0. The largest absolute Gasteiger partial charge is 0.344 e. The fraction of sp³-hybridized carbons (Fsp3) is 0.200. The van der Waals surface area contributed by atoms with Crippen molar-refractivity contribution in [2.45, 2.75) is 19.9 Å². The van der Waals surface area contributed by atoms with Crippen LogP contribution in [0.3, 0.4) is 0 Å². The van der Waals surface area contributed by atoms with Crippen LogP contribution in [-0.2, 0) is 0 Å². The molecule has 18 heavy (non-hydrogen) atoms. The predicted octanol–water partition coefficient (Wildman–Crippen LogP) is 2.88. The van der Waals surface area contributed by atoms with E-state index in [1.54, 1.807) is 6.07 Å². The van der Waals surface area contributed by atoms with Crippen LogP contribution in [0.2, 0.25) is 0 Å². The van der Waals surface area contributed by atoms with Crippen molar-refractivity contribution in [2.75, 3.05) is 0 Å². The minimum atomic E-state index is -0.143. The van der Waals surface area contributed by atoms with Crippen molar-refractivity contribution < 1.29 is 4.79 Å². The van der Waals surface area contributed by atoms with Crippen LogP contribution in [0.1, 0.15) is 34.7 Å². The second-order valence-electron chi connectivity index (χ2n) is 4.27. The molecule has 1 aromatic heterocycles. The zero-order valence-corrected chi connectivity index (χ0v) is 10.6. The van der Waals surface area contributed by atoms with Gasteiger partial charge in [0, 0.05) is 5.69 Å². The molecule has 1 amide bonds. The van der Waals surface area contributed by atoms with E-state index in [4.69, 9.17) is 0 Å². The zero-order valence-electron chi connectivity index (χ0n) is 10.6. The number of rotatable bonds is 3. The lowest BCUT2D eigenvalue weighted by Crippen LogP contribution is -2.27. The van der Waals surface area contributed by atoms with Crippen LogP contribution in [0.25, 0.3) is 0 Å². The average molecular weight is 240 g/mol. The first-order chi connectivity index (χ1) is 8.66. The van der Waals surface area contributed by atoms with Crippen molar-refractivity contribution in [1.82, 2.24) is 10.3 Å². The number of carbonyl (C=O) groups excluding carboxylic acids is 1. The summed E-state index contributed by atoms with van der Waals surface area (Å²) in [7, 11) is 0. The van der Waals surface area contributed by atoms with Gasteiger partial charge in [0.2, 0.25) is 0 Å². The van der Waals surface area contributed by atoms with Crippen molar-refractivity contribution in [3.8, 4) is 0 Å². The first kappa shape index (κ1) is 12.3. The molecule has 1 atom stereocenters. The van der Waals surface area contributed by atoms with E-state index in [1.807, 2.05) is 56.3 Å². The highest BCUT2D eigenvalue weighted by Crippen LogP contribution is 2.11. The molecule has 0 spiro atoms. The Morgan fingerprint density at radius 3 is 2.50 bits per heavy atom. The van der Waals surface area contributed by atoms with Crippen molar-refractivity contribution in [3.05, 3.63) is 65.5 Å². The smallest absolute Gasteiger partial charge is 0.270 e. The molecule has 92 valence electrons. The Morgan fingerprint density at radius 2 is 1.83 bits per heavy atom. The third-order valence-corrected chi connectivity index (χ3v) is 2.77.